The lowest BCUT2D eigenvalue weighted by atomic mass is 10.1. The highest BCUT2D eigenvalue weighted by molar-refractivity contribution is 9.10. The van der Waals surface area contributed by atoms with Crippen LogP contribution in [0.15, 0.2) is 47.5 Å². The summed E-state index contributed by atoms with van der Waals surface area (Å²) in [5, 5.41) is 0. The van der Waals surface area contributed by atoms with Gasteiger partial charge in [-0.3, -0.25) is 4.79 Å². The van der Waals surface area contributed by atoms with Crippen LogP contribution in [0, 0.1) is 0 Å². The molecule has 15 heavy (non-hydrogen) atoms. The van der Waals surface area contributed by atoms with Crippen LogP contribution >= 0.6 is 15.9 Å². The zero-order chi connectivity index (χ0) is 10.7. The second-order valence-electron chi connectivity index (χ2n) is 2.97. The predicted octanol–water partition coefficient (Wildman–Crippen LogP) is 2.47. The number of nitrogens with zero attached hydrogens (tertiary/aromatic N) is 2. The minimum absolute atomic E-state index is 0.0723. The lowest BCUT2D eigenvalue weighted by molar-refractivity contribution is 0.103. The molecule has 74 valence electrons. The van der Waals surface area contributed by atoms with E-state index < -0.39 is 0 Å². The van der Waals surface area contributed by atoms with Crippen molar-refractivity contribution in [1.82, 2.24) is 9.97 Å². The lowest BCUT2D eigenvalue weighted by Gasteiger charge is -2.00. The minimum atomic E-state index is -0.0723. The van der Waals surface area contributed by atoms with Crippen LogP contribution in [0.3, 0.4) is 0 Å². The number of carbonyl (C=O) groups excluding carboxylic acids is 1. The average Bonchev–Trinajstić information content (AvgIpc) is 2.29. The van der Waals surface area contributed by atoms with Gasteiger partial charge in [0.25, 0.3) is 0 Å². The molecular formula is C11H7BrN2O. The van der Waals surface area contributed by atoms with E-state index in [-0.39, 0.29) is 5.78 Å². The quantitative estimate of drug-likeness (QED) is 0.781. The Morgan fingerprint density at radius 1 is 1.13 bits per heavy atom. The molecule has 0 spiro atoms. The molecule has 0 amide bonds. The molecule has 1 aromatic carbocycles. The lowest BCUT2D eigenvalue weighted by Crippen LogP contribution is -2.02. The molecule has 0 aliphatic carbocycles. The van der Waals surface area contributed by atoms with Crippen LogP contribution in [0.2, 0.25) is 0 Å². The maximum atomic E-state index is 11.9. The van der Waals surface area contributed by atoms with Gasteiger partial charge in [0.05, 0.1) is 5.56 Å². The Morgan fingerprint density at radius 2 is 1.87 bits per heavy atom. The number of rotatable bonds is 2. The summed E-state index contributed by atoms with van der Waals surface area (Å²) in [6.45, 7) is 0. The van der Waals surface area contributed by atoms with Gasteiger partial charge in [-0.1, -0.05) is 28.1 Å². The van der Waals surface area contributed by atoms with E-state index in [0.29, 0.717) is 11.1 Å². The van der Waals surface area contributed by atoms with Crippen molar-refractivity contribution in [3.63, 3.8) is 0 Å². The first-order valence-electron chi connectivity index (χ1n) is 4.32. The summed E-state index contributed by atoms with van der Waals surface area (Å²) in [6.07, 6.45) is 4.42. The SMILES string of the molecule is O=C(c1cncnc1)c1cccc(Br)c1. The molecule has 0 saturated heterocycles. The molecule has 0 N–H and O–H groups in total. The second-order valence-corrected chi connectivity index (χ2v) is 3.88. The third kappa shape index (κ3) is 2.27. The fraction of sp³-hybridized carbons (Fsp3) is 0. The Bertz CT molecular complexity index is 485. The zero-order valence-electron chi connectivity index (χ0n) is 7.72. The van der Waals surface area contributed by atoms with Crippen molar-refractivity contribution in [2.75, 3.05) is 0 Å². The van der Waals surface area contributed by atoms with Gasteiger partial charge in [-0.25, -0.2) is 9.97 Å². The number of halogens is 1. The van der Waals surface area contributed by atoms with Gasteiger partial charge in [0.1, 0.15) is 6.33 Å². The van der Waals surface area contributed by atoms with Gasteiger partial charge in [-0.15, -0.1) is 0 Å². The van der Waals surface area contributed by atoms with Crippen LogP contribution in [-0.4, -0.2) is 15.8 Å². The molecule has 1 aromatic heterocycles. The van der Waals surface area contributed by atoms with Crippen LogP contribution < -0.4 is 0 Å². The number of hydrogen-bond donors (Lipinski definition) is 0. The van der Waals surface area contributed by atoms with Crippen molar-refractivity contribution in [2.45, 2.75) is 0 Å². The van der Waals surface area contributed by atoms with Crippen molar-refractivity contribution in [3.8, 4) is 0 Å². The van der Waals surface area contributed by atoms with Gasteiger partial charge in [-0.05, 0) is 12.1 Å². The standard InChI is InChI=1S/C11H7BrN2O/c12-10-3-1-2-8(4-10)11(15)9-5-13-7-14-6-9/h1-7H. The van der Waals surface area contributed by atoms with Crippen molar-refractivity contribution in [3.05, 3.63) is 58.6 Å². The molecule has 0 saturated carbocycles. The smallest absolute Gasteiger partial charge is 0.196 e. The Hall–Kier alpha value is -1.55. The van der Waals surface area contributed by atoms with E-state index in [1.807, 2.05) is 12.1 Å². The molecule has 0 fully saturated rings. The summed E-state index contributed by atoms with van der Waals surface area (Å²) in [5.74, 6) is -0.0723. The van der Waals surface area contributed by atoms with Crippen molar-refractivity contribution < 1.29 is 4.79 Å². The summed E-state index contributed by atoms with van der Waals surface area (Å²) >= 11 is 3.32. The van der Waals surface area contributed by atoms with Gasteiger partial charge in [0.15, 0.2) is 5.78 Å². The summed E-state index contributed by atoms with van der Waals surface area (Å²) in [6, 6.07) is 7.23. The number of hydrogen-bond acceptors (Lipinski definition) is 3. The fourth-order valence-electron chi connectivity index (χ4n) is 1.21. The molecule has 0 bridgehead atoms. The molecule has 0 aliphatic rings. The van der Waals surface area contributed by atoms with Gasteiger partial charge >= 0.3 is 0 Å². The van der Waals surface area contributed by atoms with Gasteiger partial charge < -0.3 is 0 Å². The first-order valence-corrected chi connectivity index (χ1v) is 5.12. The van der Waals surface area contributed by atoms with Crippen molar-refractivity contribution >= 4 is 21.7 Å². The third-order valence-corrected chi connectivity index (χ3v) is 2.40. The number of ketones is 1. The molecule has 0 radical (unpaired) electrons. The van der Waals surface area contributed by atoms with E-state index in [4.69, 9.17) is 0 Å². The molecule has 0 aliphatic heterocycles. The van der Waals surface area contributed by atoms with E-state index >= 15 is 0 Å². The van der Waals surface area contributed by atoms with Crippen LogP contribution in [-0.2, 0) is 0 Å². The van der Waals surface area contributed by atoms with Gasteiger partial charge in [0.2, 0.25) is 0 Å². The molecule has 1 heterocycles. The summed E-state index contributed by atoms with van der Waals surface area (Å²) in [4.78, 5) is 19.5. The Morgan fingerprint density at radius 3 is 2.53 bits per heavy atom. The Balaban J connectivity index is 2.37. The molecule has 0 unspecified atom stereocenters. The highest BCUT2D eigenvalue weighted by Crippen LogP contribution is 2.14. The fourth-order valence-corrected chi connectivity index (χ4v) is 1.61. The summed E-state index contributed by atoms with van der Waals surface area (Å²) in [5.41, 5.74) is 1.12. The van der Waals surface area contributed by atoms with Gasteiger partial charge in [-0.2, -0.15) is 0 Å². The maximum Gasteiger partial charge on any atom is 0.196 e. The van der Waals surface area contributed by atoms with E-state index in [1.54, 1.807) is 12.1 Å². The minimum Gasteiger partial charge on any atom is -0.288 e. The van der Waals surface area contributed by atoms with Crippen LogP contribution in [0.25, 0.3) is 0 Å². The van der Waals surface area contributed by atoms with Crippen LogP contribution in [0.4, 0.5) is 0 Å². The second kappa shape index (κ2) is 4.31. The number of carbonyl (C=O) groups is 1. The number of benzene rings is 1. The Labute approximate surface area is 95.3 Å². The Kier molecular flexibility index (Phi) is 2.87. The van der Waals surface area contributed by atoms with E-state index in [0.717, 1.165) is 4.47 Å². The molecule has 4 heteroatoms. The molecule has 2 aromatic rings. The maximum absolute atomic E-state index is 11.9. The monoisotopic (exact) mass is 262 g/mol. The molecule has 3 nitrogen and oxygen atoms in total. The molecular weight excluding hydrogens is 256 g/mol. The predicted molar refractivity (Wildman–Crippen MR) is 59.6 cm³/mol. The van der Waals surface area contributed by atoms with Crippen LogP contribution in [0.1, 0.15) is 15.9 Å². The third-order valence-electron chi connectivity index (χ3n) is 1.91. The van der Waals surface area contributed by atoms with E-state index in [9.17, 15) is 4.79 Å². The number of aromatic nitrogens is 2. The zero-order valence-corrected chi connectivity index (χ0v) is 9.31. The normalized spacial score (nSPS) is 9.93. The first kappa shape index (κ1) is 9.98. The topological polar surface area (TPSA) is 42.9 Å². The molecule has 0 atom stereocenters. The van der Waals surface area contributed by atoms with E-state index in [2.05, 4.69) is 25.9 Å². The average molecular weight is 263 g/mol. The largest absolute Gasteiger partial charge is 0.288 e. The summed E-state index contributed by atoms with van der Waals surface area (Å²) in [7, 11) is 0. The van der Waals surface area contributed by atoms with E-state index in [1.165, 1.54) is 18.7 Å². The summed E-state index contributed by atoms with van der Waals surface area (Å²) < 4.78 is 0.880. The highest BCUT2D eigenvalue weighted by Gasteiger charge is 2.08. The van der Waals surface area contributed by atoms with Crippen molar-refractivity contribution in [2.24, 2.45) is 0 Å². The molecule has 2 rings (SSSR count). The highest BCUT2D eigenvalue weighted by atomic mass is 79.9. The first-order chi connectivity index (χ1) is 7.27. The van der Waals surface area contributed by atoms with Crippen molar-refractivity contribution in [1.29, 1.82) is 0 Å². The van der Waals surface area contributed by atoms with Crippen LogP contribution in [0.5, 0.6) is 0 Å². The van der Waals surface area contributed by atoms with Gasteiger partial charge in [0, 0.05) is 22.4 Å².